The minimum Gasteiger partial charge on any atom is -0.309 e. The van der Waals surface area contributed by atoms with Crippen LogP contribution in [0.3, 0.4) is 0 Å². The topological polar surface area (TPSA) is 39.9 Å². The Morgan fingerprint density at radius 3 is 2.39 bits per heavy atom. The molecule has 0 amide bonds. The van der Waals surface area contributed by atoms with Crippen molar-refractivity contribution in [1.82, 2.24) is 9.88 Å². The van der Waals surface area contributed by atoms with Crippen molar-refractivity contribution in [1.29, 1.82) is 5.26 Å². The highest BCUT2D eigenvalue weighted by atomic mass is 35.5. The van der Waals surface area contributed by atoms with Crippen LogP contribution >= 0.6 is 11.6 Å². The van der Waals surface area contributed by atoms with Gasteiger partial charge in [0.1, 0.15) is 5.41 Å². The van der Waals surface area contributed by atoms with E-state index in [0.717, 1.165) is 23.5 Å². The van der Waals surface area contributed by atoms with Gasteiger partial charge in [-0.1, -0.05) is 36.7 Å². The number of rotatable bonds is 5. The molecule has 4 heteroatoms. The zero-order valence-electron chi connectivity index (χ0n) is 14.0. The smallest absolute Gasteiger partial charge is 0.128 e. The lowest BCUT2D eigenvalue weighted by Crippen LogP contribution is -2.40. The lowest BCUT2D eigenvalue weighted by atomic mass is 9.69. The van der Waals surface area contributed by atoms with Crippen LogP contribution in [0.25, 0.3) is 0 Å². The molecule has 0 radical (unpaired) electrons. The van der Waals surface area contributed by atoms with E-state index >= 15 is 0 Å². The van der Waals surface area contributed by atoms with Crippen LogP contribution in [0.5, 0.6) is 0 Å². The lowest BCUT2D eigenvalue weighted by Gasteiger charge is -2.34. The van der Waals surface area contributed by atoms with Crippen LogP contribution in [0, 0.1) is 24.2 Å². The number of aryl methyl sites for hydroxylation is 1. The summed E-state index contributed by atoms with van der Waals surface area (Å²) in [7, 11) is 4.04. The van der Waals surface area contributed by atoms with Gasteiger partial charge in [0.05, 0.1) is 11.8 Å². The predicted molar refractivity (Wildman–Crippen MR) is 94.5 cm³/mol. The molecule has 2 aromatic rings. The molecule has 0 saturated heterocycles. The highest BCUT2D eigenvalue weighted by Crippen LogP contribution is 2.38. The predicted octanol–water partition coefficient (Wildman–Crippen LogP) is 4.05. The van der Waals surface area contributed by atoms with Crippen LogP contribution in [-0.2, 0) is 5.41 Å². The zero-order valence-corrected chi connectivity index (χ0v) is 14.8. The van der Waals surface area contributed by atoms with Crippen molar-refractivity contribution in [2.75, 3.05) is 20.6 Å². The Kier molecular flexibility index (Phi) is 5.41. The Morgan fingerprint density at radius 1 is 1.22 bits per heavy atom. The molecule has 2 atom stereocenters. The molecule has 120 valence electrons. The van der Waals surface area contributed by atoms with Gasteiger partial charge in [-0.05, 0) is 56.8 Å². The maximum absolute atomic E-state index is 10.2. The Bertz CT molecular complexity index is 703. The Hall–Kier alpha value is -1.89. The highest BCUT2D eigenvalue weighted by molar-refractivity contribution is 6.30. The van der Waals surface area contributed by atoms with Gasteiger partial charge in [-0.15, -0.1) is 0 Å². The molecule has 2 rings (SSSR count). The summed E-state index contributed by atoms with van der Waals surface area (Å²) in [5, 5.41) is 10.9. The molecule has 23 heavy (non-hydrogen) atoms. The third kappa shape index (κ3) is 3.55. The molecule has 3 nitrogen and oxygen atoms in total. The van der Waals surface area contributed by atoms with Crippen LogP contribution < -0.4 is 0 Å². The molecule has 2 unspecified atom stereocenters. The van der Waals surface area contributed by atoms with Gasteiger partial charge >= 0.3 is 0 Å². The normalized spacial score (nSPS) is 15.0. The second-order valence-corrected chi connectivity index (χ2v) is 6.69. The Labute approximate surface area is 143 Å². The van der Waals surface area contributed by atoms with E-state index in [9.17, 15) is 5.26 Å². The summed E-state index contributed by atoms with van der Waals surface area (Å²) in [6, 6.07) is 16.0. The van der Waals surface area contributed by atoms with Crippen LogP contribution in [0.1, 0.15) is 23.9 Å². The monoisotopic (exact) mass is 327 g/mol. The van der Waals surface area contributed by atoms with E-state index in [1.54, 1.807) is 0 Å². The third-order valence-corrected chi connectivity index (χ3v) is 4.40. The van der Waals surface area contributed by atoms with Crippen LogP contribution in [0.15, 0.2) is 42.5 Å². The average molecular weight is 328 g/mol. The first-order valence-electron chi connectivity index (χ1n) is 7.66. The number of nitriles is 1. The van der Waals surface area contributed by atoms with Crippen molar-refractivity contribution in [3.63, 3.8) is 0 Å². The number of benzene rings is 1. The van der Waals surface area contributed by atoms with E-state index in [4.69, 9.17) is 11.6 Å². The molecular formula is C19H22ClN3. The fourth-order valence-electron chi connectivity index (χ4n) is 3.08. The van der Waals surface area contributed by atoms with Gasteiger partial charge in [-0.2, -0.15) is 5.26 Å². The molecule has 0 saturated carbocycles. The Morgan fingerprint density at radius 2 is 1.87 bits per heavy atom. The van der Waals surface area contributed by atoms with E-state index in [1.807, 2.05) is 63.5 Å². The largest absolute Gasteiger partial charge is 0.309 e. The van der Waals surface area contributed by atoms with Gasteiger partial charge in [-0.25, -0.2) is 0 Å². The van der Waals surface area contributed by atoms with Crippen molar-refractivity contribution in [2.24, 2.45) is 5.92 Å². The number of halogens is 1. The SMILES string of the molecule is Cc1cccc(C(C#N)(c2ccc(Cl)cc2)C(C)CN(C)C)n1. The van der Waals surface area contributed by atoms with E-state index < -0.39 is 5.41 Å². The van der Waals surface area contributed by atoms with Crippen molar-refractivity contribution < 1.29 is 0 Å². The summed E-state index contributed by atoms with van der Waals surface area (Å²) >= 11 is 6.03. The van der Waals surface area contributed by atoms with Gasteiger partial charge in [0.2, 0.25) is 0 Å². The first kappa shape index (κ1) is 17.5. The van der Waals surface area contributed by atoms with E-state index in [0.29, 0.717) is 5.02 Å². The molecular weight excluding hydrogens is 306 g/mol. The second kappa shape index (κ2) is 7.12. The number of hydrogen-bond acceptors (Lipinski definition) is 3. The highest BCUT2D eigenvalue weighted by Gasteiger charge is 2.41. The number of pyridine rings is 1. The van der Waals surface area contributed by atoms with Crippen molar-refractivity contribution in [3.05, 3.63) is 64.4 Å². The van der Waals surface area contributed by atoms with Crippen LogP contribution in [-0.4, -0.2) is 30.5 Å². The van der Waals surface area contributed by atoms with E-state index in [-0.39, 0.29) is 5.92 Å². The Balaban J connectivity index is 2.66. The van der Waals surface area contributed by atoms with Crippen molar-refractivity contribution in [2.45, 2.75) is 19.3 Å². The first-order chi connectivity index (χ1) is 10.9. The van der Waals surface area contributed by atoms with Gasteiger partial charge in [0.15, 0.2) is 0 Å². The maximum Gasteiger partial charge on any atom is 0.128 e. The minimum atomic E-state index is -0.805. The van der Waals surface area contributed by atoms with E-state index in [1.165, 1.54) is 0 Å². The summed E-state index contributed by atoms with van der Waals surface area (Å²) in [5.41, 5.74) is 1.82. The summed E-state index contributed by atoms with van der Waals surface area (Å²) < 4.78 is 0. The third-order valence-electron chi connectivity index (χ3n) is 4.15. The van der Waals surface area contributed by atoms with Gasteiger partial charge in [-0.3, -0.25) is 4.98 Å². The van der Waals surface area contributed by atoms with Crippen molar-refractivity contribution >= 4 is 11.6 Å². The molecule has 0 aliphatic rings. The number of aromatic nitrogens is 1. The molecule has 0 aliphatic carbocycles. The van der Waals surface area contributed by atoms with Crippen LogP contribution in [0.4, 0.5) is 0 Å². The fraction of sp³-hybridized carbons (Fsp3) is 0.368. The molecule has 1 aromatic carbocycles. The molecule has 1 aromatic heterocycles. The molecule has 0 N–H and O–H groups in total. The van der Waals surface area contributed by atoms with Crippen molar-refractivity contribution in [3.8, 4) is 6.07 Å². The summed E-state index contributed by atoms with van der Waals surface area (Å²) in [4.78, 5) is 6.77. The molecule has 0 fully saturated rings. The lowest BCUT2D eigenvalue weighted by molar-refractivity contribution is 0.287. The second-order valence-electron chi connectivity index (χ2n) is 6.25. The molecule has 1 heterocycles. The number of hydrogen-bond donors (Lipinski definition) is 0. The maximum atomic E-state index is 10.2. The fourth-order valence-corrected chi connectivity index (χ4v) is 3.20. The first-order valence-corrected chi connectivity index (χ1v) is 8.04. The molecule has 0 spiro atoms. The minimum absolute atomic E-state index is 0.0676. The summed E-state index contributed by atoms with van der Waals surface area (Å²) in [6.45, 7) is 4.83. The van der Waals surface area contributed by atoms with Gasteiger partial charge in [0, 0.05) is 17.3 Å². The molecule has 0 bridgehead atoms. The number of nitrogens with zero attached hydrogens (tertiary/aromatic N) is 3. The standard InChI is InChI=1S/C19H22ClN3/c1-14(12-23(3)4)19(13-21,16-8-10-17(20)11-9-16)18-7-5-6-15(2)22-18/h5-11,14H,12H2,1-4H3. The summed E-state index contributed by atoms with van der Waals surface area (Å²) in [5.74, 6) is 0.0676. The quantitative estimate of drug-likeness (QED) is 0.831. The van der Waals surface area contributed by atoms with Crippen LogP contribution in [0.2, 0.25) is 5.02 Å². The van der Waals surface area contributed by atoms with Gasteiger partial charge < -0.3 is 4.90 Å². The zero-order chi connectivity index (χ0) is 17.0. The van der Waals surface area contributed by atoms with Gasteiger partial charge in [0.25, 0.3) is 0 Å². The molecule has 0 aliphatic heterocycles. The average Bonchev–Trinajstić information content (AvgIpc) is 2.49. The summed E-state index contributed by atoms with van der Waals surface area (Å²) in [6.07, 6.45) is 0. The van der Waals surface area contributed by atoms with E-state index in [2.05, 4.69) is 22.9 Å².